The van der Waals surface area contributed by atoms with Gasteiger partial charge in [0, 0.05) is 0 Å². The molecule has 1 unspecified atom stereocenters. The van der Waals surface area contributed by atoms with E-state index >= 15 is 0 Å². The Hall–Kier alpha value is -3.06. The first-order valence-corrected chi connectivity index (χ1v) is 15.4. The fraction of sp³-hybridized carbons (Fsp3) is 0.536. The second-order valence-corrected chi connectivity index (χ2v) is 13.0. The van der Waals surface area contributed by atoms with Crippen LogP contribution in [0.4, 0.5) is 5.82 Å². The molecule has 4 rings (SSSR count). The Balaban J connectivity index is 1.48. The lowest BCUT2D eigenvalue weighted by Crippen LogP contribution is -2.40. The van der Waals surface area contributed by atoms with E-state index in [9.17, 15) is 19.6 Å². The summed E-state index contributed by atoms with van der Waals surface area (Å²) in [6.07, 6.45) is -1.07. The topological polar surface area (TPSA) is 180 Å². The number of aromatic nitrogens is 3. The maximum atomic E-state index is 13.9. The van der Waals surface area contributed by atoms with E-state index in [4.69, 9.17) is 24.3 Å². The normalized spacial score (nSPS) is 24.8. The number of hydrogen-bond acceptors (Lipinski definition) is 11. The van der Waals surface area contributed by atoms with Gasteiger partial charge in [0.05, 0.1) is 18.9 Å². The molecule has 0 bridgehead atoms. The van der Waals surface area contributed by atoms with E-state index in [0.717, 1.165) is 6.42 Å². The lowest BCUT2D eigenvalue weighted by atomic mass is 9.87. The molecule has 1 saturated heterocycles. The first kappa shape index (κ1) is 31.9. The van der Waals surface area contributed by atoms with Gasteiger partial charge in [-0.05, 0) is 49.9 Å². The third-order valence-electron chi connectivity index (χ3n) is 7.72. The third-order valence-corrected chi connectivity index (χ3v) is 9.36. The summed E-state index contributed by atoms with van der Waals surface area (Å²) in [4.78, 5) is 16.7. The van der Waals surface area contributed by atoms with Crippen LogP contribution < -0.4 is 15.3 Å². The number of nitrogen functional groups attached to an aromatic ring is 1. The molecular formula is C28H40N5O8P. The van der Waals surface area contributed by atoms with Crippen LogP contribution in [0.3, 0.4) is 0 Å². The predicted octanol–water partition coefficient (Wildman–Crippen LogP) is 3.20. The van der Waals surface area contributed by atoms with E-state index in [1.54, 1.807) is 49.4 Å². The number of nitrogens with one attached hydrogen (secondary N) is 1. The van der Waals surface area contributed by atoms with Gasteiger partial charge in [-0.25, -0.2) is 14.1 Å². The van der Waals surface area contributed by atoms with Gasteiger partial charge in [-0.1, -0.05) is 45.4 Å². The van der Waals surface area contributed by atoms with Crippen LogP contribution in [0, 0.1) is 5.41 Å². The van der Waals surface area contributed by atoms with Crippen molar-refractivity contribution in [3.05, 3.63) is 54.5 Å². The molecular weight excluding hydrogens is 565 g/mol. The number of aliphatic hydroxyl groups excluding tert-OH is 2. The minimum atomic E-state index is -4.23. The lowest BCUT2D eigenvalue weighted by Gasteiger charge is -2.27. The van der Waals surface area contributed by atoms with E-state index in [2.05, 4.69) is 35.9 Å². The van der Waals surface area contributed by atoms with Crippen molar-refractivity contribution < 1.29 is 38.1 Å². The molecule has 14 heteroatoms. The standard InChI is InChI=1S/C28H40N5O8P/c1-6-27(3,4)14-15-38-26(36)18(2)32-42(37,41-19-10-8-7-9-11-19)39-16-21-23(34)24(35)28(5,40-21)22-13-12-20-25(29)30-17-31-33(20)22/h7-13,17-18,21,23-24,34-35H,6,14-16H2,1-5H3,(H,32,37)(H2,29,30,31)/t18-,21+,23+,24+,28-,42?/m0/s1. The molecule has 1 aliphatic heterocycles. The monoisotopic (exact) mass is 605 g/mol. The summed E-state index contributed by atoms with van der Waals surface area (Å²) in [6.45, 7) is 9.08. The molecule has 1 aliphatic rings. The number of aliphatic hydroxyl groups is 2. The fourth-order valence-electron chi connectivity index (χ4n) is 4.56. The molecule has 0 amide bonds. The largest absolute Gasteiger partial charge is 0.465 e. The van der Waals surface area contributed by atoms with Crippen molar-refractivity contribution >= 4 is 25.1 Å². The van der Waals surface area contributed by atoms with Crippen molar-refractivity contribution in [1.29, 1.82) is 0 Å². The number of nitrogens with two attached hydrogens (primary N) is 1. The van der Waals surface area contributed by atoms with Gasteiger partial charge in [0.1, 0.15) is 47.5 Å². The molecule has 5 N–H and O–H groups in total. The van der Waals surface area contributed by atoms with Gasteiger partial charge >= 0.3 is 13.7 Å². The van der Waals surface area contributed by atoms with Crippen molar-refractivity contribution in [2.24, 2.45) is 5.41 Å². The average molecular weight is 606 g/mol. The number of hydrogen-bond donors (Lipinski definition) is 4. The molecule has 0 aliphatic carbocycles. The van der Waals surface area contributed by atoms with Gasteiger partial charge in [-0.15, -0.1) is 0 Å². The molecule has 0 spiro atoms. The third kappa shape index (κ3) is 6.94. The maximum absolute atomic E-state index is 13.9. The number of ether oxygens (including phenoxy) is 2. The number of para-hydroxylation sites is 1. The number of carbonyl (C=O) groups is 1. The first-order chi connectivity index (χ1) is 19.8. The van der Waals surface area contributed by atoms with Gasteiger partial charge in [0.2, 0.25) is 0 Å². The summed E-state index contributed by atoms with van der Waals surface area (Å²) in [5, 5.41) is 28.8. The van der Waals surface area contributed by atoms with E-state index in [1.807, 2.05) is 0 Å². The molecule has 1 aromatic carbocycles. The van der Waals surface area contributed by atoms with Crippen LogP contribution in [0.25, 0.3) is 5.52 Å². The first-order valence-electron chi connectivity index (χ1n) is 13.8. The Morgan fingerprint density at radius 2 is 1.98 bits per heavy atom. The minimum absolute atomic E-state index is 0.0136. The number of carbonyl (C=O) groups excluding carboxylic acids is 1. The summed E-state index contributed by atoms with van der Waals surface area (Å²) < 4.78 is 38.3. The average Bonchev–Trinajstić information content (AvgIpc) is 3.49. The van der Waals surface area contributed by atoms with Crippen molar-refractivity contribution in [2.75, 3.05) is 18.9 Å². The predicted molar refractivity (Wildman–Crippen MR) is 155 cm³/mol. The van der Waals surface area contributed by atoms with Crippen molar-refractivity contribution in [1.82, 2.24) is 19.7 Å². The van der Waals surface area contributed by atoms with Crippen LogP contribution in [0.2, 0.25) is 0 Å². The van der Waals surface area contributed by atoms with E-state index in [-0.39, 0.29) is 23.6 Å². The zero-order chi connectivity index (χ0) is 30.7. The highest BCUT2D eigenvalue weighted by Gasteiger charge is 2.54. The van der Waals surface area contributed by atoms with Gasteiger partial charge < -0.3 is 29.9 Å². The number of benzene rings is 1. The number of esters is 1. The van der Waals surface area contributed by atoms with Crippen LogP contribution in [-0.4, -0.2) is 68.3 Å². The smallest absolute Gasteiger partial charge is 0.459 e. The maximum Gasteiger partial charge on any atom is 0.459 e. The number of rotatable bonds is 13. The Bertz CT molecular complexity index is 1420. The SMILES string of the molecule is CCC(C)(C)CCOC(=O)[C@H](C)NP(=O)(OC[C@H]1O[C@@](C)(c2ccc3c(N)ncnn23)[C@H](O)[C@@H]1O)Oc1ccccc1. The van der Waals surface area contributed by atoms with Gasteiger partial charge in [0.15, 0.2) is 5.82 Å². The van der Waals surface area contributed by atoms with Gasteiger partial charge in [-0.3, -0.25) is 9.32 Å². The Kier molecular flexibility index (Phi) is 9.61. The molecule has 3 heterocycles. The summed E-state index contributed by atoms with van der Waals surface area (Å²) in [7, 11) is -4.23. The highest BCUT2D eigenvalue weighted by atomic mass is 31.2. The molecule has 230 valence electrons. The molecule has 13 nitrogen and oxygen atoms in total. The Morgan fingerprint density at radius 1 is 1.26 bits per heavy atom. The quantitative estimate of drug-likeness (QED) is 0.165. The highest BCUT2D eigenvalue weighted by Crippen LogP contribution is 2.47. The van der Waals surface area contributed by atoms with Gasteiger partial charge in [-0.2, -0.15) is 10.2 Å². The zero-order valence-corrected chi connectivity index (χ0v) is 25.4. The van der Waals surface area contributed by atoms with Crippen molar-refractivity contribution in [2.45, 2.75) is 77.4 Å². The summed E-state index contributed by atoms with van der Waals surface area (Å²) in [5.41, 5.74) is 5.45. The summed E-state index contributed by atoms with van der Waals surface area (Å²) >= 11 is 0. The highest BCUT2D eigenvalue weighted by molar-refractivity contribution is 7.52. The van der Waals surface area contributed by atoms with Crippen LogP contribution in [0.15, 0.2) is 48.8 Å². The van der Waals surface area contributed by atoms with Crippen LogP contribution in [0.5, 0.6) is 5.75 Å². The van der Waals surface area contributed by atoms with Crippen molar-refractivity contribution in [3.63, 3.8) is 0 Å². The molecule has 0 radical (unpaired) electrons. The molecule has 0 saturated carbocycles. The van der Waals surface area contributed by atoms with Crippen LogP contribution in [-0.2, 0) is 29.0 Å². The molecule has 42 heavy (non-hydrogen) atoms. The number of anilines is 1. The minimum Gasteiger partial charge on any atom is -0.465 e. The Labute approximate surface area is 244 Å². The number of nitrogens with zero attached hydrogens (tertiary/aromatic N) is 3. The molecule has 6 atom stereocenters. The van der Waals surface area contributed by atoms with E-state index < -0.39 is 50.3 Å². The van der Waals surface area contributed by atoms with E-state index in [0.29, 0.717) is 17.6 Å². The lowest BCUT2D eigenvalue weighted by molar-refractivity contribution is -0.146. The second-order valence-electron chi connectivity index (χ2n) is 11.3. The summed E-state index contributed by atoms with van der Waals surface area (Å²) in [5.74, 6) is -0.156. The molecule has 3 aromatic rings. The zero-order valence-electron chi connectivity index (χ0n) is 24.5. The Morgan fingerprint density at radius 3 is 2.67 bits per heavy atom. The second kappa shape index (κ2) is 12.7. The van der Waals surface area contributed by atoms with Crippen LogP contribution >= 0.6 is 7.75 Å². The summed E-state index contributed by atoms with van der Waals surface area (Å²) in [6, 6.07) is 10.6. The van der Waals surface area contributed by atoms with Crippen LogP contribution in [0.1, 0.15) is 53.2 Å². The fourth-order valence-corrected chi connectivity index (χ4v) is 6.06. The molecule has 1 fully saturated rings. The van der Waals surface area contributed by atoms with E-state index in [1.165, 1.54) is 17.8 Å². The van der Waals surface area contributed by atoms with Gasteiger partial charge in [0.25, 0.3) is 0 Å². The number of fused-ring (bicyclic) bond motifs is 1. The molecule has 2 aromatic heterocycles. The van der Waals surface area contributed by atoms with Crippen molar-refractivity contribution in [3.8, 4) is 5.75 Å².